The van der Waals surface area contributed by atoms with E-state index in [1.807, 2.05) is 13.8 Å². The van der Waals surface area contributed by atoms with Gasteiger partial charge in [-0.25, -0.2) is 0 Å². The molecule has 0 saturated heterocycles. The number of amides is 1. The van der Waals surface area contributed by atoms with Gasteiger partial charge < -0.3 is 10.4 Å². The van der Waals surface area contributed by atoms with Crippen LogP contribution in [0.3, 0.4) is 0 Å². The molecule has 2 rings (SSSR count). The van der Waals surface area contributed by atoms with Gasteiger partial charge in [0.2, 0.25) is 0 Å². The van der Waals surface area contributed by atoms with Gasteiger partial charge in [-0.2, -0.15) is 5.10 Å². The molecule has 2 aromatic rings. The number of aliphatic hydroxyl groups is 1. The third-order valence-electron chi connectivity index (χ3n) is 2.87. The van der Waals surface area contributed by atoms with Crippen molar-refractivity contribution >= 4 is 16.9 Å². The van der Waals surface area contributed by atoms with Gasteiger partial charge in [-0.05, 0) is 12.0 Å². The predicted molar refractivity (Wildman–Crippen MR) is 67.1 cm³/mol. The van der Waals surface area contributed by atoms with Crippen molar-refractivity contribution in [3.05, 3.63) is 24.0 Å². The highest BCUT2D eigenvalue weighted by Crippen LogP contribution is 2.10. The van der Waals surface area contributed by atoms with Crippen LogP contribution >= 0.6 is 0 Å². The van der Waals surface area contributed by atoms with Crippen molar-refractivity contribution in [2.24, 2.45) is 5.92 Å². The second kappa shape index (κ2) is 5.14. The molecule has 6 heteroatoms. The van der Waals surface area contributed by atoms with Crippen LogP contribution in [0.1, 0.15) is 24.2 Å². The highest BCUT2D eigenvalue weighted by molar-refractivity contribution is 5.96. The summed E-state index contributed by atoms with van der Waals surface area (Å²) >= 11 is 0. The number of nitrogens with zero attached hydrogens (tertiary/aromatic N) is 2. The molecule has 0 aliphatic rings. The van der Waals surface area contributed by atoms with E-state index >= 15 is 0 Å². The molecular weight excluding hydrogens is 232 g/mol. The van der Waals surface area contributed by atoms with E-state index in [0.29, 0.717) is 16.6 Å². The highest BCUT2D eigenvalue weighted by Gasteiger charge is 2.16. The van der Waals surface area contributed by atoms with Gasteiger partial charge in [0.25, 0.3) is 5.91 Å². The molecule has 0 spiro atoms. The fourth-order valence-corrected chi connectivity index (χ4v) is 1.63. The molecule has 1 atom stereocenters. The van der Waals surface area contributed by atoms with Gasteiger partial charge in [-0.15, -0.1) is 0 Å². The molecule has 0 radical (unpaired) electrons. The number of carbonyl (C=O) groups is 1. The number of hydrogen-bond acceptors (Lipinski definition) is 4. The fraction of sp³-hybridized carbons (Fsp3) is 0.417. The third kappa shape index (κ3) is 2.48. The summed E-state index contributed by atoms with van der Waals surface area (Å²) in [5.41, 5.74) is 1.88. The zero-order valence-corrected chi connectivity index (χ0v) is 10.3. The minimum Gasteiger partial charge on any atom is -0.394 e. The number of nitrogens with one attached hydrogen (secondary N) is 2. The van der Waals surface area contributed by atoms with E-state index in [1.54, 1.807) is 12.3 Å². The maximum absolute atomic E-state index is 12.0. The Bertz CT molecular complexity index is 550. The summed E-state index contributed by atoms with van der Waals surface area (Å²) in [7, 11) is 0. The Morgan fingerprint density at radius 1 is 1.50 bits per heavy atom. The quantitative estimate of drug-likeness (QED) is 0.743. The largest absolute Gasteiger partial charge is 0.394 e. The SMILES string of the molecule is CC(C)[C@@H](CO)NC(=O)c1cnc2cn[nH]c2c1. The number of aromatic nitrogens is 3. The normalized spacial score (nSPS) is 12.9. The van der Waals surface area contributed by atoms with Crippen molar-refractivity contribution in [2.75, 3.05) is 6.61 Å². The molecule has 0 aromatic carbocycles. The van der Waals surface area contributed by atoms with Crippen LogP contribution in [0.4, 0.5) is 0 Å². The van der Waals surface area contributed by atoms with Crippen LogP contribution in [0.2, 0.25) is 0 Å². The lowest BCUT2D eigenvalue weighted by Crippen LogP contribution is -2.41. The lowest BCUT2D eigenvalue weighted by molar-refractivity contribution is 0.0896. The molecule has 1 amide bonds. The Hall–Kier alpha value is -1.95. The van der Waals surface area contributed by atoms with Crippen molar-refractivity contribution in [1.82, 2.24) is 20.5 Å². The summed E-state index contributed by atoms with van der Waals surface area (Å²) in [6.07, 6.45) is 3.10. The average molecular weight is 248 g/mol. The van der Waals surface area contributed by atoms with Gasteiger partial charge in [-0.3, -0.25) is 14.9 Å². The zero-order chi connectivity index (χ0) is 13.1. The molecule has 0 fully saturated rings. The smallest absolute Gasteiger partial charge is 0.253 e. The van der Waals surface area contributed by atoms with Gasteiger partial charge in [0, 0.05) is 6.20 Å². The molecule has 0 bridgehead atoms. The number of aliphatic hydroxyl groups excluding tert-OH is 1. The first-order valence-corrected chi connectivity index (χ1v) is 5.82. The van der Waals surface area contributed by atoms with Crippen LogP contribution in [-0.4, -0.2) is 38.8 Å². The number of H-pyrrole nitrogens is 1. The van der Waals surface area contributed by atoms with Gasteiger partial charge in [0.1, 0.15) is 5.52 Å². The van der Waals surface area contributed by atoms with Gasteiger partial charge >= 0.3 is 0 Å². The molecule has 0 saturated carbocycles. The molecule has 2 heterocycles. The number of rotatable bonds is 4. The fourth-order valence-electron chi connectivity index (χ4n) is 1.63. The number of aromatic amines is 1. The summed E-state index contributed by atoms with van der Waals surface area (Å²) in [5.74, 6) is -0.0745. The van der Waals surface area contributed by atoms with Crippen LogP contribution in [-0.2, 0) is 0 Å². The minimum absolute atomic E-state index is 0.0802. The second-order valence-corrected chi connectivity index (χ2v) is 4.53. The number of fused-ring (bicyclic) bond motifs is 1. The van der Waals surface area contributed by atoms with Crippen molar-refractivity contribution in [1.29, 1.82) is 0 Å². The number of hydrogen-bond donors (Lipinski definition) is 3. The molecule has 18 heavy (non-hydrogen) atoms. The second-order valence-electron chi connectivity index (χ2n) is 4.53. The first-order chi connectivity index (χ1) is 8.61. The molecule has 0 aliphatic carbocycles. The Morgan fingerprint density at radius 3 is 2.94 bits per heavy atom. The first kappa shape index (κ1) is 12.5. The van der Waals surface area contributed by atoms with E-state index in [2.05, 4.69) is 20.5 Å². The van der Waals surface area contributed by atoms with Crippen LogP contribution in [0, 0.1) is 5.92 Å². The van der Waals surface area contributed by atoms with Gasteiger partial charge in [0.15, 0.2) is 0 Å². The molecular formula is C12H16N4O2. The van der Waals surface area contributed by atoms with E-state index in [9.17, 15) is 9.90 Å². The van der Waals surface area contributed by atoms with E-state index in [-0.39, 0.29) is 24.5 Å². The van der Waals surface area contributed by atoms with Crippen molar-refractivity contribution in [3.63, 3.8) is 0 Å². The third-order valence-corrected chi connectivity index (χ3v) is 2.87. The Labute approximate surface area is 104 Å². The monoisotopic (exact) mass is 248 g/mol. The van der Waals surface area contributed by atoms with E-state index in [1.165, 1.54) is 6.20 Å². The standard InChI is InChI=1S/C12H16N4O2/c1-7(2)11(6-17)15-12(18)8-3-9-10(13-4-8)5-14-16-9/h3-5,7,11,17H,6H2,1-2H3,(H,14,16)(H,15,18)/t11-/m1/s1. The predicted octanol–water partition coefficient (Wildman–Crippen LogP) is 0.705. The van der Waals surface area contributed by atoms with E-state index in [4.69, 9.17) is 0 Å². The molecule has 2 aromatic heterocycles. The average Bonchev–Trinajstić information content (AvgIpc) is 2.82. The summed E-state index contributed by atoms with van der Waals surface area (Å²) in [5, 5.41) is 18.6. The van der Waals surface area contributed by atoms with Crippen LogP contribution in [0.25, 0.3) is 11.0 Å². The maximum atomic E-state index is 12.0. The number of carbonyl (C=O) groups excluding carboxylic acids is 1. The lowest BCUT2D eigenvalue weighted by Gasteiger charge is -2.19. The van der Waals surface area contributed by atoms with Crippen molar-refractivity contribution < 1.29 is 9.90 Å². The van der Waals surface area contributed by atoms with Crippen LogP contribution < -0.4 is 5.32 Å². The molecule has 96 valence electrons. The van der Waals surface area contributed by atoms with Gasteiger partial charge in [-0.1, -0.05) is 13.8 Å². The lowest BCUT2D eigenvalue weighted by atomic mass is 10.1. The Morgan fingerprint density at radius 2 is 2.28 bits per heavy atom. The first-order valence-electron chi connectivity index (χ1n) is 5.82. The Balaban J connectivity index is 2.17. The molecule has 0 aliphatic heterocycles. The maximum Gasteiger partial charge on any atom is 0.253 e. The van der Waals surface area contributed by atoms with E-state index in [0.717, 1.165) is 0 Å². The minimum atomic E-state index is -0.255. The summed E-state index contributed by atoms with van der Waals surface area (Å²) in [6, 6.07) is 1.44. The summed E-state index contributed by atoms with van der Waals surface area (Å²) in [4.78, 5) is 16.1. The molecule has 6 nitrogen and oxygen atoms in total. The van der Waals surface area contributed by atoms with Crippen molar-refractivity contribution in [3.8, 4) is 0 Å². The zero-order valence-electron chi connectivity index (χ0n) is 10.3. The molecule has 3 N–H and O–H groups in total. The van der Waals surface area contributed by atoms with Gasteiger partial charge in [0.05, 0.1) is 29.9 Å². The van der Waals surface area contributed by atoms with Crippen molar-refractivity contribution in [2.45, 2.75) is 19.9 Å². The Kier molecular flexibility index (Phi) is 3.57. The number of pyridine rings is 1. The van der Waals surface area contributed by atoms with Crippen LogP contribution in [0.15, 0.2) is 18.5 Å². The highest BCUT2D eigenvalue weighted by atomic mass is 16.3. The summed E-state index contributed by atoms with van der Waals surface area (Å²) in [6.45, 7) is 3.80. The van der Waals surface area contributed by atoms with E-state index < -0.39 is 0 Å². The van der Waals surface area contributed by atoms with Crippen LogP contribution in [0.5, 0.6) is 0 Å². The summed E-state index contributed by atoms with van der Waals surface area (Å²) < 4.78 is 0. The molecule has 0 unspecified atom stereocenters. The topological polar surface area (TPSA) is 90.9 Å².